The van der Waals surface area contributed by atoms with Gasteiger partial charge < -0.3 is 16.2 Å². The predicted octanol–water partition coefficient (Wildman–Crippen LogP) is 2.24. The first-order valence-corrected chi connectivity index (χ1v) is 7.61. The number of rotatable bonds is 4. The molecule has 4 N–H and O–H groups in total. The maximum absolute atomic E-state index is 12.4. The smallest absolute Gasteiger partial charge is 0.206 e. The van der Waals surface area contributed by atoms with E-state index in [0.29, 0.717) is 17.9 Å². The van der Waals surface area contributed by atoms with Crippen molar-refractivity contribution in [3.8, 4) is 5.75 Å². The fourth-order valence-electron chi connectivity index (χ4n) is 1.80. The normalized spacial score (nSPS) is 11.2. The van der Waals surface area contributed by atoms with Gasteiger partial charge in [0.2, 0.25) is 9.84 Å². The Morgan fingerprint density at radius 1 is 1.10 bits per heavy atom. The Morgan fingerprint density at radius 2 is 1.70 bits per heavy atom. The molecule has 0 atom stereocenters. The number of aromatic hydroxyl groups is 1. The van der Waals surface area contributed by atoms with Crippen LogP contribution >= 0.6 is 0 Å². The molecule has 0 saturated carbocycles. The van der Waals surface area contributed by atoms with Crippen molar-refractivity contribution in [1.82, 2.24) is 0 Å². The van der Waals surface area contributed by atoms with E-state index in [2.05, 4.69) is 5.32 Å². The molecule has 0 amide bonds. The molecule has 0 fully saturated rings. The first-order chi connectivity index (χ1) is 9.45. The largest absolute Gasteiger partial charge is 0.506 e. The van der Waals surface area contributed by atoms with Crippen LogP contribution in [-0.2, 0) is 9.84 Å². The molecule has 0 bridgehead atoms. The molecule has 0 spiro atoms. The van der Waals surface area contributed by atoms with Crippen molar-refractivity contribution in [2.45, 2.75) is 16.7 Å². The van der Waals surface area contributed by atoms with E-state index in [-0.39, 0.29) is 15.5 Å². The van der Waals surface area contributed by atoms with Crippen LogP contribution in [0.15, 0.2) is 52.3 Å². The molecule has 106 valence electrons. The summed E-state index contributed by atoms with van der Waals surface area (Å²) in [4.78, 5) is 0.184. The van der Waals surface area contributed by atoms with Gasteiger partial charge in [0.25, 0.3) is 0 Å². The number of nitrogens with two attached hydrogens (primary N) is 1. The number of phenols is 1. The number of hydrogen-bond donors (Lipinski definition) is 3. The van der Waals surface area contributed by atoms with Gasteiger partial charge in [-0.15, -0.1) is 0 Å². The van der Waals surface area contributed by atoms with Crippen LogP contribution in [0, 0.1) is 0 Å². The van der Waals surface area contributed by atoms with Gasteiger partial charge in [-0.3, -0.25) is 0 Å². The van der Waals surface area contributed by atoms with Gasteiger partial charge in [-0.2, -0.15) is 0 Å². The van der Waals surface area contributed by atoms with Crippen molar-refractivity contribution < 1.29 is 13.5 Å². The molecule has 0 aromatic heterocycles. The van der Waals surface area contributed by atoms with Crippen LogP contribution in [0.4, 0.5) is 11.4 Å². The standard InChI is InChI=1S/C14H16N2O3S/c1-2-16-13-8-7-12(9-14(13)17)20(18,19)11-5-3-10(15)4-6-11/h3-9,16-17H,2,15H2,1H3. The molecule has 0 aliphatic heterocycles. The lowest BCUT2D eigenvalue weighted by Gasteiger charge is -2.09. The fourth-order valence-corrected chi connectivity index (χ4v) is 3.08. The number of nitrogens with one attached hydrogen (secondary N) is 1. The second-order valence-corrected chi connectivity index (χ2v) is 6.23. The van der Waals surface area contributed by atoms with Gasteiger partial charge in [-0.25, -0.2) is 8.42 Å². The van der Waals surface area contributed by atoms with Crippen molar-refractivity contribution in [1.29, 1.82) is 0 Å². The van der Waals surface area contributed by atoms with Crippen LogP contribution < -0.4 is 11.1 Å². The lowest BCUT2D eigenvalue weighted by molar-refractivity contribution is 0.475. The van der Waals surface area contributed by atoms with Gasteiger partial charge in [0.05, 0.1) is 15.5 Å². The summed E-state index contributed by atoms with van der Waals surface area (Å²) in [6.07, 6.45) is 0. The predicted molar refractivity (Wildman–Crippen MR) is 78.6 cm³/mol. The van der Waals surface area contributed by atoms with Gasteiger partial charge >= 0.3 is 0 Å². The molecule has 5 nitrogen and oxygen atoms in total. The molecule has 0 aliphatic rings. The first kappa shape index (κ1) is 14.2. The number of hydrogen-bond acceptors (Lipinski definition) is 5. The van der Waals surface area contributed by atoms with Gasteiger partial charge in [-0.1, -0.05) is 0 Å². The van der Waals surface area contributed by atoms with Crippen molar-refractivity contribution in [2.75, 3.05) is 17.6 Å². The molecule has 2 rings (SSSR count). The van der Waals surface area contributed by atoms with Crippen molar-refractivity contribution in [2.24, 2.45) is 0 Å². The molecule has 0 saturated heterocycles. The average molecular weight is 292 g/mol. The second kappa shape index (κ2) is 5.42. The molecule has 0 radical (unpaired) electrons. The van der Waals surface area contributed by atoms with Crippen molar-refractivity contribution in [3.05, 3.63) is 42.5 Å². The summed E-state index contributed by atoms with van der Waals surface area (Å²) in [7, 11) is -3.65. The van der Waals surface area contributed by atoms with Gasteiger partial charge in [0.15, 0.2) is 0 Å². The van der Waals surface area contributed by atoms with Crippen molar-refractivity contribution in [3.63, 3.8) is 0 Å². The second-order valence-electron chi connectivity index (χ2n) is 4.28. The topological polar surface area (TPSA) is 92.4 Å². The van der Waals surface area contributed by atoms with Crippen molar-refractivity contribution >= 4 is 21.2 Å². The Labute approximate surface area is 118 Å². The first-order valence-electron chi connectivity index (χ1n) is 6.12. The van der Waals surface area contributed by atoms with Crippen LogP contribution in [0.3, 0.4) is 0 Å². The van der Waals surface area contributed by atoms with E-state index in [4.69, 9.17) is 5.73 Å². The highest BCUT2D eigenvalue weighted by Crippen LogP contribution is 2.29. The number of sulfone groups is 1. The number of nitrogen functional groups attached to an aromatic ring is 1. The van der Waals surface area contributed by atoms with Crippen LogP contribution in [0.5, 0.6) is 5.75 Å². The molecular weight excluding hydrogens is 276 g/mol. The summed E-state index contributed by atoms with van der Waals surface area (Å²) in [5.74, 6) is -0.0941. The highest BCUT2D eigenvalue weighted by Gasteiger charge is 2.18. The fraction of sp³-hybridized carbons (Fsp3) is 0.143. The Bertz CT molecular complexity index is 710. The third kappa shape index (κ3) is 2.70. The summed E-state index contributed by atoms with van der Waals surface area (Å²) in [6.45, 7) is 2.52. The molecule has 0 heterocycles. The SMILES string of the molecule is CCNc1ccc(S(=O)(=O)c2ccc(N)cc2)cc1O. The lowest BCUT2D eigenvalue weighted by atomic mass is 10.3. The van der Waals surface area contributed by atoms with E-state index in [0.717, 1.165) is 0 Å². The monoisotopic (exact) mass is 292 g/mol. The number of phenolic OH excluding ortho intramolecular Hbond substituents is 1. The van der Waals surface area contributed by atoms with E-state index in [1.54, 1.807) is 6.07 Å². The quantitative estimate of drug-likeness (QED) is 0.593. The highest BCUT2D eigenvalue weighted by molar-refractivity contribution is 7.91. The average Bonchev–Trinajstić information content (AvgIpc) is 2.41. The van der Waals surface area contributed by atoms with Crippen LogP contribution in [0.1, 0.15) is 6.92 Å². The molecule has 2 aromatic carbocycles. The maximum Gasteiger partial charge on any atom is 0.206 e. The third-order valence-corrected chi connectivity index (χ3v) is 4.60. The minimum atomic E-state index is -3.65. The summed E-state index contributed by atoms with van der Waals surface area (Å²) >= 11 is 0. The Balaban J connectivity index is 2.44. The Hall–Kier alpha value is -2.21. The van der Waals surface area contributed by atoms with E-state index >= 15 is 0 Å². The summed E-state index contributed by atoms with van der Waals surface area (Å²) in [5, 5.41) is 12.8. The number of anilines is 2. The van der Waals surface area contributed by atoms with E-state index in [9.17, 15) is 13.5 Å². The van der Waals surface area contributed by atoms with Gasteiger partial charge in [-0.05, 0) is 43.3 Å². The zero-order valence-corrected chi connectivity index (χ0v) is 11.8. The summed E-state index contributed by atoms with van der Waals surface area (Å²) in [5.41, 5.74) is 6.54. The Kier molecular flexibility index (Phi) is 3.85. The molecule has 0 unspecified atom stereocenters. The summed E-state index contributed by atoms with van der Waals surface area (Å²) in [6, 6.07) is 10.2. The maximum atomic E-state index is 12.4. The zero-order chi connectivity index (χ0) is 14.8. The number of benzene rings is 2. The Morgan fingerprint density at radius 3 is 2.25 bits per heavy atom. The van der Waals surface area contributed by atoms with Gasteiger partial charge in [0.1, 0.15) is 5.75 Å². The minimum absolute atomic E-state index is 0.0430. The minimum Gasteiger partial charge on any atom is -0.506 e. The molecule has 2 aromatic rings. The van der Waals surface area contributed by atoms with Crippen LogP contribution in [-0.4, -0.2) is 20.1 Å². The van der Waals surface area contributed by atoms with E-state index in [1.807, 2.05) is 6.92 Å². The van der Waals surface area contributed by atoms with E-state index < -0.39 is 9.84 Å². The molecule has 20 heavy (non-hydrogen) atoms. The summed E-state index contributed by atoms with van der Waals surface area (Å²) < 4.78 is 24.8. The zero-order valence-electron chi connectivity index (χ0n) is 11.0. The van der Waals surface area contributed by atoms with E-state index in [1.165, 1.54) is 36.4 Å². The van der Waals surface area contributed by atoms with Gasteiger partial charge in [0, 0.05) is 18.3 Å². The molecular formula is C14H16N2O3S. The molecule has 0 aliphatic carbocycles. The lowest BCUT2D eigenvalue weighted by Crippen LogP contribution is -2.03. The third-order valence-electron chi connectivity index (χ3n) is 2.84. The van der Waals surface area contributed by atoms with Crippen LogP contribution in [0.25, 0.3) is 0 Å². The molecule has 6 heteroatoms. The highest BCUT2D eigenvalue weighted by atomic mass is 32.2. The van der Waals surface area contributed by atoms with Crippen LogP contribution in [0.2, 0.25) is 0 Å².